The lowest BCUT2D eigenvalue weighted by Gasteiger charge is -2.37. The normalized spacial score (nSPS) is 20.6. The van der Waals surface area contributed by atoms with Crippen molar-refractivity contribution >= 4 is 23.2 Å². The van der Waals surface area contributed by atoms with Gasteiger partial charge in [0.25, 0.3) is 0 Å². The van der Waals surface area contributed by atoms with E-state index in [1.54, 1.807) is 0 Å². The Kier molecular flexibility index (Phi) is 6.26. The molecule has 2 heterocycles. The summed E-state index contributed by atoms with van der Waals surface area (Å²) in [5.74, 6) is 1.30. The lowest BCUT2D eigenvalue weighted by atomic mass is 9.90. The number of nitrogens with one attached hydrogen (secondary N) is 3. The van der Waals surface area contributed by atoms with Crippen LogP contribution >= 0.6 is 0 Å². The zero-order chi connectivity index (χ0) is 22.5. The summed E-state index contributed by atoms with van der Waals surface area (Å²) >= 11 is 0. The van der Waals surface area contributed by atoms with Crippen LogP contribution in [-0.2, 0) is 0 Å². The van der Waals surface area contributed by atoms with E-state index in [2.05, 4.69) is 38.0 Å². The maximum Gasteiger partial charge on any atom is 0.323 e. The third kappa shape index (κ3) is 4.83. The predicted molar refractivity (Wildman–Crippen MR) is 126 cm³/mol. The molecule has 0 aromatic heterocycles. The predicted octanol–water partition coefficient (Wildman–Crippen LogP) is 3.55. The highest BCUT2D eigenvalue weighted by Gasteiger charge is 2.29. The minimum Gasteiger partial charge on any atom is -0.384 e. The number of aliphatic imine (C=N–C) groups is 1. The van der Waals surface area contributed by atoms with E-state index in [0.29, 0.717) is 17.2 Å². The highest BCUT2D eigenvalue weighted by atomic mass is 16.2. The summed E-state index contributed by atoms with van der Waals surface area (Å²) in [6.07, 6.45) is 1.84. The third-order valence-electron chi connectivity index (χ3n) is 5.65. The zero-order valence-electron chi connectivity index (χ0n) is 18.0. The molecule has 1 fully saturated rings. The fraction of sp³-hybridized carbons (Fsp3) is 0.292. The SMILES string of the molecule is CC1N=C(N2CCCC(c3cccc(NC(=O)Nc4ccccc4)c3)C2)C(C#N)=C(N)N1. The fourth-order valence-corrected chi connectivity index (χ4v) is 4.17. The maximum absolute atomic E-state index is 12.4. The molecule has 8 nitrogen and oxygen atoms in total. The van der Waals surface area contributed by atoms with E-state index < -0.39 is 0 Å². The smallest absolute Gasteiger partial charge is 0.323 e. The number of rotatable bonds is 3. The number of para-hydroxylation sites is 1. The van der Waals surface area contributed by atoms with Crippen LogP contribution in [0.25, 0.3) is 0 Å². The Bertz CT molecular complexity index is 1090. The third-order valence-corrected chi connectivity index (χ3v) is 5.65. The van der Waals surface area contributed by atoms with Crippen LogP contribution in [-0.4, -0.2) is 36.0 Å². The van der Waals surface area contributed by atoms with Gasteiger partial charge in [-0.05, 0) is 49.6 Å². The average molecular weight is 430 g/mol. The lowest BCUT2D eigenvalue weighted by Crippen LogP contribution is -2.45. The number of amides is 2. The molecule has 5 N–H and O–H groups in total. The Morgan fingerprint density at radius 1 is 1.19 bits per heavy atom. The van der Waals surface area contributed by atoms with Crippen molar-refractivity contribution in [3.05, 3.63) is 71.6 Å². The number of piperidine rings is 1. The number of hydrogen-bond acceptors (Lipinski definition) is 6. The second kappa shape index (κ2) is 9.43. The molecule has 2 aliphatic heterocycles. The number of nitrogens with two attached hydrogens (primary N) is 1. The minimum absolute atomic E-state index is 0.168. The van der Waals surface area contributed by atoms with Crippen LogP contribution in [0.3, 0.4) is 0 Å². The highest BCUT2D eigenvalue weighted by molar-refractivity contribution is 6.03. The lowest BCUT2D eigenvalue weighted by molar-refractivity contribution is 0.262. The number of hydrogen-bond donors (Lipinski definition) is 4. The van der Waals surface area contributed by atoms with Crippen LogP contribution < -0.4 is 21.7 Å². The average Bonchev–Trinajstić information content (AvgIpc) is 2.79. The highest BCUT2D eigenvalue weighted by Crippen LogP contribution is 2.30. The standard InChI is InChI=1S/C24H27N7O/c1-16-27-22(26)21(14-25)23(28-16)31-12-6-8-18(15-31)17-7-5-11-20(13-17)30-24(32)29-19-9-3-2-4-10-19/h2-5,7,9-11,13,16,18,27H,6,8,12,15,26H2,1H3,(H2,29,30,32). The summed E-state index contributed by atoms with van der Waals surface area (Å²) in [4.78, 5) is 19.2. The summed E-state index contributed by atoms with van der Waals surface area (Å²) in [6, 6.07) is 19.2. The van der Waals surface area contributed by atoms with Crippen molar-refractivity contribution < 1.29 is 4.79 Å². The van der Waals surface area contributed by atoms with E-state index in [1.165, 1.54) is 0 Å². The number of urea groups is 1. The molecule has 164 valence electrons. The van der Waals surface area contributed by atoms with Crippen LogP contribution in [0.4, 0.5) is 16.2 Å². The van der Waals surface area contributed by atoms with Gasteiger partial charge in [0, 0.05) is 30.4 Å². The summed E-state index contributed by atoms with van der Waals surface area (Å²) in [6.45, 7) is 3.49. The number of nitrogens with zero attached hydrogens (tertiary/aromatic N) is 3. The first-order valence-electron chi connectivity index (χ1n) is 10.8. The molecule has 0 bridgehead atoms. The molecule has 0 radical (unpaired) electrons. The number of carbonyl (C=O) groups is 1. The first-order chi connectivity index (χ1) is 15.5. The number of amidine groups is 1. The van der Waals surface area contributed by atoms with Crippen molar-refractivity contribution in [3.8, 4) is 6.07 Å². The van der Waals surface area contributed by atoms with Crippen LogP contribution in [0, 0.1) is 11.3 Å². The Balaban J connectivity index is 1.46. The Morgan fingerprint density at radius 2 is 1.94 bits per heavy atom. The number of benzene rings is 2. The molecule has 0 saturated carbocycles. The molecule has 0 aliphatic carbocycles. The molecule has 0 spiro atoms. The van der Waals surface area contributed by atoms with Gasteiger partial charge < -0.3 is 26.6 Å². The van der Waals surface area contributed by atoms with Crippen molar-refractivity contribution in [1.82, 2.24) is 10.2 Å². The van der Waals surface area contributed by atoms with Gasteiger partial charge in [-0.25, -0.2) is 9.79 Å². The van der Waals surface area contributed by atoms with Gasteiger partial charge in [-0.15, -0.1) is 0 Å². The monoisotopic (exact) mass is 429 g/mol. The van der Waals surface area contributed by atoms with Gasteiger partial charge in [-0.3, -0.25) is 0 Å². The van der Waals surface area contributed by atoms with E-state index in [-0.39, 0.29) is 18.1 Å². The quantitative estimate of drug-likeness (QED) is 0.595. The van der Waals surface area contributed by atoms with Crippen molar-refractivity contribution in [2.75, 3.05) is 23.7 Å². The summed E-state index contributed by atoms with van der Waals surface area (Å²) in [5, 5.41) is 18.3. The zero-order valence-corrected chi connectivity index (χ0v) is 18.0. The molecule has 2 amide bonds. The van der Waals surface area contributed by atoms with E-state index in [1.807, 2.05) is 55.5 Å². The van der Waals surface area contributed by atoms with E-state index >= 15 is 0 Å². The van der Waals surface area contributed by atoms with Gasteiger partial charge in [0.1, 0.15) is 29.5 Å². The molecule has 2 aromatic carbocycles. The number of likely N-dealkylation sites (tertiary alicyclic amines) is 1. The van der Waals surface area contributed by atoms with Crippen LogP contribution in [0.15, 0.2) is 71.0 Å². The van der Waals surface area contributed by atoms with Gasteiger partial charge in [0.05, 0.1) is 0 Å². The number of anilines is 2. The van der Waals surface area contributed by atoms with Crippen molar-refractivity contribution in [2.45, 2.75) is 31.8 Å². The van der Waals surface area contributed by atoms with Gasteiger partial charge in [0.15, 0.2) is 0 Å². The molecule has 4 rings (SSSR count). The number of nitriles is 1. The van der Waals surface area contributed by atoms with E-state index in [9.17, 15) is 10.1 Å². The van der Waals surface area contributed by atoms with E-state index in [0.717, 1.165) is 42.9 Å². The summed E-state index contributed by atoms with van der Waals surface area (Å²) < 4.78 is 0. The number of carbonyl (C=O) groups excluding carboxylic acids is 1. The first kappa shape index (κ1) is 21.2. The Morgan fingerprint density at radius 3 is 2.72 bits per heavy atom. The molecule has 2 aliphatic rings. The molecule has 2 unspecified atom stereocenters. The van der Waals surface area contributed by atoms with Gasteiger partial charge in [-0.2, -0.15) is 5.26 Å². The second-order valence-electron chi connectivity index (χ2n) is 8.03. The molecule has 2 aromatic rings. The van der Waals surface area contributed by atoms with Crippen molar-refractivity contribution in [1.29, 1.82) is 5.26 Å². The molecule has 2 atom stereocenters. The van der Waals surface area contributed by atoms with Crippen LogP contribution in [0.2, 0.25) is 0 Å². The van der Waals surface area contributed by atoms with Gasteiger partial charge >= 0.3 is 6.03 Å². The summed E-state index contributed by atoms with van der Waals surface area (Å²) in [5.41, 5.74) is 9.06. The topological polar surface area (TPSA) is 119 Å². The second-order valence-corrected chi connectivity index (χ2v) is 8.03. The molecule has 1 saturated heterocycles. The Labute approximate surface area is 187 Å². The van der Waals surface area contributed by atoms with Gasteiger partial charge in [-0.1, -0.05) is 30.3 Å². The minimum atomic E-state index is -0.282. The van der Waals surface area contributed by atoms with Crippen LogP contribution in [0.5, 0.6) is 0 Å². The van der Waals surface area contributed by atoms with Gasteiger partial charge in [0.2, 0.25) is 0 Å². The Hall–Kier alpha value is -3.99. The fourth-order valence-electron chi connectivity index (χ4n) is 4.17. The van der Waals surface area contributed by atoms with Crippen molar-refractivity contribution in [2.24, 2.45) is 10.7 Å². The largest absolute Gasteiger partial charge is 0.384 e. The summed E-state index contributed by atoms with van der Waals surface area (Å²) in [7, 11) is 0. The first-order valence-corrected chi connectivity index (χ1v) is 10.8. The molecule has 8 heteroatoms. The molecule has 32 heavy (non-hydrogen) atoms. The molecular weight excluding hydrogens is 402 g/mol. The van der Waals surface area contributed by atoms with Crippen LogP contribution in [0.1, 0.15) is 31.2 Å². The maximum atomic E-state index is 12.4. The van der Waals surface area contributed by atoms with Crippen molar-refractivity contribution in [3.63, 3.8) is 0 Å². The van der Waals surface area contributed by atoms with E-state index in [4.69, 9.17) is 5.73 Å². The molecular formula is C24H27N7O.